The molecule has 0 fully saturated rings. The van der Waals surface area contributed by atoms with Gasteiger partial charge in [-0.15, -0.1) is 0 Å². The minimum Gasteiger partial charge on any atom is -0.325 e. The van der Waals surface area contributed by atoms with Crippen molar-refractivity contribution < 1.29 is 14.0 Å². The Hall–Kier alpha value is -2.69. The van der Waals surface area contributed by atoms with Gasteiger partial charge >= 0.3 is 0 Å². The van der Waals surface area contributed by atoms with Gasteiger partial charge in [-0.05, 0) is 35.4 Å². The quantitative estimate of drug-likeness (QED) is 0.844. The summed E-state index contributed by atoms with van der Waals surface area (Å²) in [4.78, 5) is 24.5. The number of para-hydroxylation sites is 1. The van der Waals surface area contributed by atoms with Crippen molar-refractivity contribution in [3.63, 3.8) is 0 Å². The first-order chi connectivity index (χ1) is 10.1. The van der Waals surface area contributed by atoms with E-state index in [4.69, 9.17) is 0 Å². The molecule has 2 aromatic carbocycles. The summed E-state index contributed by atoms with van der Waals surface area (Å²) in [5, 5.41) is 5.49. The highest BCUT2D eigenvalue weighted by molar-refractivity contribution is 6.12. The van der Waals surface area contributed by atoms with Gasteiger partial charge in [-0.2, -0.15) is 0 Å². The zero-order chi connectivity index (χ0) is 14.6. The highest BCUT2D eigenvalue weighted by Crippen LogP contribution is 2.46. The standard InChI is InChI=1S/C16H11FN2O2/c17-8-5-6-12-10(7-8)14(16(21)19-12)13-9-3-1-2-4-11(9)18-15(13)20/h1-7,13-14H,(H,18,20)(H,19,21). The normalized spacial score (nSPS) is 22.5. The van der Waals surface area contributed by atoms with E-state index < -0.39 is 17.7 Å². The number of amides is 2. The van der Waals surface area contributed by atoms with E-state index in [0.717, 1.165) is 5.56 Å². The summed E-state index contributed by atoms with van der Waals surface area (Å²) in [6, 6.07) is 11.4. The lowest BCUT2D eigenvalue weighted by molar-refractivity contribution is -0.123. The average Bonchev–Trinajstić information content (AvgIpc) is 2.94. The zero-order valence-corrected chi connectivity index (χ0v) is 10.9. The molecule has 21 heavy (non-hydrogen) atoms. The topological polar surface area (TPSA) is 58.2 Å². The fourth-order valence-electron chi connectivity index (χ4n) is 3.15. The summed E-state index contributed by atoms with van der Waals surface area (Å²) in [6.07, 6.45) is 0. The van der Waals surface area contributed by atoms with Crippen molar-refractivity contribution in [1.82, 2.24) is 0 Å². The molecule has 2 N–H and O–H groups in total. The van der Waals surface area contributed by atoms with E-state index in [9.17, 15) is 14.0 Å². The molecule has 2 unspecified atom stereocenters. The monoisotopic (exact) mass is 282 g/mol. The number of hydrogen-bond acceptors (Lipinski definition) is 2. The van der Waals surface area contributed by atoms with Crippen LogP contribution < -0.4 is 10.6 Å². The Kier molecular flexibility index (Phi) is 2.39. The molecule has 0 saturated heterocycles. The van der Waals surface area contributed by atoms with Crippen molar-refractivity contribution in [3.8, 4) is 0 Å². The summed E-state index contributed by atoms with van der Waals surface area (Å²) in [7, 11) is 0. The van der Waals surface area contributed by atoms with E-state index in [0.29, 0.717) is 16.9 Å². The van der Waals surface area contributed by atoms with E-state index in [1.165, 1.54) is 18.2 Å². The number of hydrogen-bond donors (Lipinski definition) is 2. The van der Waals surface area contributed by atoms with Gasteiger partial charge in [0.1, 0.15) is 5.82 Å². The van der Waals surface area contributed by atoms with E-state index in [1.54, 1.807) is 6.07 Å². The van der Waals surface area contributed by atoms with Gasteiger partial charge in [0.2, 0.25) is 11.8 Å². The van der Waals surface area contributed by atoms with E-state index in [1.807, 2.05) is 18.2 Å². The van der Waals surface area contributed by atoms with Gasteiger partial charge < -0.3 is 10.6 Å². The lowest BCUT2D eigenvalue weighted by atomic mass is 9.83. The second-order valence-corrected chi connectivity index (χ2v) is 5.25. The van der Waals surface area contributed by atoms with Crippen LogP contribution in [0, 0.1) is 5.82 Å². The number of carbonyl (C=O) groups is 2. The Balaban J connectivity index is 1.87. The van der Waals surface area contributed by atoms with Crippen molar-refractivity contribution in [2.45, 2.75) is 11.8 Å². The first-order valence-electron chi connectivity index (χ1n) is 6.65. The molecule has 4 nitrogen and oxygen atoms in total. The number of rotatable bonds is 1. The first-order valence-corrected chi connectivity index (χ1v) is 6.65. The molecular weight excluding hydrogens is 271 g/mol. The van der Waals surface area contributed by atoms with Crippen molar-refractivity contribution in [1.29, 1.82) is 0 Å². The Morgan fingerprint density at radius 2 is 1.43 bits per heavy atom. The van der Waals surface area contributed by atoms with Crippen LogP contribution in [0.4, 0.5) is 15.8 Å². The summed E-state index contributed by atoms with van der Waals surface area (Å²) in [5.41, 5.74) is 2.60. The Bertz CT molecular complexity index is 788. The minimum atomic E-state index is -0.695. The summed E-state index contributed by atoms with van der Waals surface area (Å²) in [5.74, 6) is -2.23. The number of halogens is 1. The fourth-order valence-corrected chi connectivity index (χ4v) is 3.15. The largest absolute Gasteiger partial charge is 0.325 e. The smallest absolute Gasteiger partial charge is 0.233 e. The van der Waals surface area contributed by atoms with Gasteiger partial charge in [-0.3, -0.25) is 9.59 Å². The molecule has 4 rings (SSSR count). The van der Waals surface area contributed by atoms with Crippen molar-refractivity contribution in [3.05, 3.63) is 59.4 Å². The third-order valence-electron chi connectivity index (χ3n) is 4.06. The molecule has 2 heterocycles. The summed E-state index contributed by atoms with van der Waals surface area (Å²) in [6.45, 7) is 0. The van der Waals surface area contributed by atoms with Crippen molar-refractivity contribution in [2.75, 3.05) is 10.6 Å². The maximum Gasteiger partial charge on any atom is 0.233 e. The predicted molar refractivity (Wildman–Crippen MR) is 75.6 cm³/mol. The molecule has 2 atom stereocenters. The average molecular weight is 282 g/mol. The Morgan fingerprint density at radius 3 is 2.19 bits per heavy atom. The van der Waals surface area contributed by atoms with Crippen LogP contribution in [0.2, 0.25) is 0 Å². The molecule has 2 aromatic rings. The maximum atomic E-state index is 13.5. The van der Waals surface area contributed by atoms with Crippen LogP contribution in [0.5, 0.6) is 0 Å². The molecule has 0 bridgehead atoms. The van der Waals surface area contributed by atoms with Crippen LogP contribution in [0.25, 0.3) is 0 Å². The molecule has 104 valence electrons. The number of anilines is 2. The fraction of sp³-hybridized carbons (Fsp3) is 0.125. The van der Waals surface area contributed by atoms with Crippen molar-refractivity contribution >= 4 is 23.2 Å². The van der Waals surface area contributed by atoms with Gasteiger partial charge in [0, 0.05) is 11.4 Å². The van der Waals surface area contributed by atoms with Gasteiger partial charge in [0.25, 0.3) is 0 Å². The van der Waals surface area contributed by atoms with Gasteiger partial charge in [0.05, 0.1) is 11.8 Å². The Morgan fingerprint density at radius 1 is 0.810 bits per heavy atom. The van der Waals surface area contributed by atoms with Gasteiger partial charge in [-0.25, -0.2) is 4.39 Å². The minimum absolute atomic E-state index is 0.228. The summed E-state index contributed by atoms with van der Waals surface area (Å²) < 4.78 is 13.5. The molecule has 0 saturated carbocycles. The molecule has 0 aliphatic carbocycles. The molecule has 2 aliphatic heterocycles. The molecule has 5 heteroatoms. The first kappa shape index (κ1) is 12.1. The second-order valence-electron chi connectivity index (χ2n) is 5.25. The van der Waals surface area contributed by atoms with Crippen LogP contribution in [0.1, 0.15) is 23.0 Å². The third-order valence-corrected chi connectivity index (χ3v) is 4.06. The maximum absolute atomic E-state index is 13.5. The molecule has 2 aliphatic rings. The third kappa shape index (κ3) is 1.67. The van der Waals surface area contributed by atoms with Crippen LogP contribution in [0.15, 0.2) is 42.5 Å². The second kappa shape index (κ2) is 4.15. The van der Waals surface area contributed by atoms with E-state index in [-0.39, 0.29) is 11.8 Å². The molecule has 2 amide bonds. The predicted octanol–water partition coefficient (Wildman–Crippen LogP) is 2.60. The SMILES string of the molecule is O=C1Nc2ccccc2C1C1C(=O)Nc2ccc(F)cc21. The Labute approximate surface area is 120 Å². The van der Waals surface area contributed by atoms with E-state index in [2.05, 4.69) is 10.6 Å². The highest BCUT2D eigenvalue weighted by Gasteiger charge is 2.45. The van der Waals surface area contributed by atoms with E-state index >= 15 is 0 Å². The van der Waals surface area contributed by atoms with Crippen LogP contribution in [-0.2, 0) is 9.59 Å². The van der Waals surface area contributed by atoms with Gasteiger partial charge in [0.15, 0.2) is 0 Å². The van der Waals surface area contributed by atoms with Gasteiger partial charge in [-0.1, -0.05) is 18.2 Å². The molecular formula is C16H11FN2O2. The number of carbonyl (C=O) groups excluding carboxylic acids is 2. The molecule has 0 spiro atoms. The number of fused-ring (bicyclic) bond motifs is 2. The zero-order valence-electron chi connectivity index (χ0n) is 10.9. The molecule has 0 radical (unpaired) electrons. The van der Waals surface area contributed by atoms with Crippen LogP contribution in [-0.4, -0.2) is 11.8 Å². The van der Waals surface area contributed by atoms with Crippen LogP contribution >= 0.6 is 0 Å². The van der Waals surface area contributed by atoms with Crippen molar-refractivity contribution in [2.24, 2.45) is 0 Å². The number of nitrogens with one attached hydrogen (secondary N) is 2. The number of benzene rings is 2. The molecule has 0 aromatic heterocycles. The van der Waals surface area contributed by atoms with Crippen LogP contribution in [0.3, 0.4) is 0 Å². The summed E-state index contributed by atoms with van der Waals surface area (Å²) >= 11 is 0. The lowest BCUT2D eigenvalue weighted by Crippen LogP contribution is -2.24. The lowest BCUT2D eigenvalue weighted by Gasteiger charge is -2.15. The highest BCUT2D eigenvalue weighted by atomic mass is 19.1.